The van der Waals surface area contributed by atoms with Crippen LogP contribution in [-0.4, -0.2) is 35.1 Å². The number of hydrogen-bond donors (Lipinski definition) is 1. The quantitative estimate of drug-likeness (QED) is 0.490. The Bertz CT molecular complexity index is 1200. The van der Waals surface area contributed by atoms with E-state index < -0.39 is 24.1 Å². The van der Waals surface area contributed by atoms with Crippen molar-refractivity contribution in [1.82, 2.24) is 9.97 Å². The zero-order valence-electron chi connectivity index (χ0n) is 17.8. The number of carbonyl (C=O) groups is 1. The van der Waals surface area contributed by atoms with E-state index in [1.807, 2.05) is 4.90 Å². The number of alkyl halides is 5. The van der Waals surface area contributed by atoms with Gasteiger partial charge >= 0.3 is 6.18 Å². The maximum Gasteiger partial charge on any atom is 0.417 e. The number of pyridine rings is 2. The lowest BCUT2D eigenvalue weighted by Crippen LogP contribution is -2.54. The average molecular weight is 478 g/mol. The number of benzene rings is 1. The Labute approximate surface area is 191 Å². The lowest BCUT2D eigenvalue weighted by atomic mass is 10.1. The third-order valence-electron chi connectivity index (χ3n) is 5.28. The second kappa shape index (κ2) is 9.24. The molecule has 0 saturated carbocycles. The van der Waals surface area contributed by atoms with Crippen LogP contribution in [0, 0.1) is 6.92 Å². The van der Waals surface area contributed by atoms with Crippen LogP contribution in [0.3, 0.4) is 0 Å². The molecular weight excluding hydrogens is 459 g/mol. The number of hydrogen-bond acceptors (Lipinski definition) is 5. The molecule has 0 bridgehead atoms. The number of nitrogens with one attached hydrogen (secondary N) is 1. The van der Waals surface area contributed by atoms with Crippen molar-refractivity contribution < 1.29 is 31.5 Å². The van der Waals surface area contributed by atoms with Gasteiger partial charge in [0.15, 0.2) is 0 Å². The molecule has 1 aliphatic rings. The molecule has 0 spiro atoms. The van der Waals surface area contributed by atoms with Crippen molar-refractivity contribution in [1.29, 1.82) is 0 Å². The number of amides is 1. The van der Waals surface area contributed by atoms with Crippen molar-refractivity contribution in [2.24, 2.45) is 0 Å². The fourth-order valence-corrected chi connectivity index (χ4v) is 3.38. The number of carbonyl (C=O) groups excluding carboxylic acids is 1. The summed E-state index contributed by atoms with van der Waals surface area (Å²) in [5.74, 6) is -0.171. The van der Waals surface area contributed by atoms with E-state index in [0.29, 0.717) is 30.7 Å². The first kappa shape index (κ1) is 23.4. The number of halogens is 5. The maximum absolute atomic E-state index is 12.9. The Kier molecular flexibility index (Phi) is 6.36. The summed E-state index contributed by atoms with van der Waals surface area (Å²) in [5.41, 5.74) is 0.309. The summed E-state index contributed by atoms with van der Waals surface area (Å²) < 4.78 is 70.3. The molecule has 0 radical (unpaired) electrons. The minimum absolute atomic E-state index is 0.0860. The number of rotatable bonds is 6. The van der Waals surface area contributed by atoms with Gasteiger partial charge in [-0.1, -0.05) is 6.07 Å². The average Bonchev–Trinajstić information content (AvgIpc) is 2.76. The number of aromatic nitrogens is 2. The molecule has 1 amide bonds. The van der Waals surface area contributed by atoms with Gasteiger partial charge in [-0.05, 0) is 36.8 Å². The van der Waals surface area contributed by atoms with Crippen LogP contribution in [0.15, 0.2) is 55.1 Å². The van der Waals surface area contributed by atoms with E-state index in [2.05, 4.69) is 15.3 Å². The van der Waals surface area contributed by atoms with Crippen molar-refractivity contribution in [3.05, 3.63) is 77.4 Å². The molecule has 0 atom stereocenters. The fourth-order valence-electron chi connectivity index (χ4n) is 3.38. The normalized spacial score (nSPS) is 14.1. The van der Waals surface area contributed by atoms with E-state index in [9.17, 15) is 26.7 Å². The van der Waals surface area contributed by atoms with Gasteiger partial charge in [-0.3, -0.25) is 14.8 Å². The Morgan fingerprint density at radius 3 is 2.53 bits per heavy atom. The van der Waals surface area contributed by atoms with Gasteiger partial charge in [-0.25, -0.2) is 8.78 Å². The highest BCUT2D eigenvalue weighted by molar-refractivity contribution is 6.04. The maximum atomic E-state index is 12.9. The van der Waals surface area contributed by atoms with Crippen molar-refractivity contribution in [2.75, 3.05) is 23.3 Å². The molecule has 1 fully saturated rings. The third-order valence-corrected chi connectivity index (χ3v) is 5.28. The molecule has 11 heteroatoms. The minimum Gasteiger partial charge on any atom is -0.486 e. The monoisotopic (exact) mass is 478 g/mol. The van der Waals surface area contributed by atoms with Gasteiger partial charge in [0.25, 0.3) is 12.3 Å². The molecule has 6 nitrogen and oxygen atoms in total. The minimum atomic E-state index is -4.58. The summed E-state index contributed by atoms with van der Waals surface area (Å²) in [6, 6.07) is 6.89. The first-order valence-corrected chi connectivity index (χ1v) is 10.2. The molecule has 2 aromatic heterocycles. The second-order valence-electron chi connectivity index (χ2n) is 7.82. The molecule has 178 valence electrons. The van der Waals surface area contributed by atoms with Crippen molar-refractivity contribution >= 4 is 17.3 Å². The van der Waals surface area contributed by atoms with Crippen molar-refractivity contribution in [2.45, 2.75) is 25.6 Å². The molecular formula is C23H19F5N4O2. The summed E-state index contributed by atoms with van der Waals surface area (Å²) in [4.78, 5) is 21.8. The van der Waals surface area contributed by atoms with E-state index in [1.165, 1.54) is 24.4 Å². The molecule has 34 heavy (non-hydrogen) atoms. The Morgan fingerprint density at radius 2 is 1.82 bits per heavy atom. The first-order chi connectivity index (χ1) is 16.1. The van der Waals surface area contributed by atoms with Crippen LogP contribution in [0.5, 0.6) is 5.75 Å². The highest BCUT2D eigenvalue weighted by Crippen LogP contribution is 2.31. The van der Waals surface area contributed by atoms with Crippen LogP contribution in [0.4, 0.5) is 33.3 Å². The van der Waals surface area contributed by atoms with Gasteiger partial charge < -0.3 is 15.0 Å². The van der Waals surface area contributed by atoms with E-state index in [-0.39, 0.29) is 22.9 Å². The predicted octanol–water partition coefficient (Wildman–Crippen LogP) is 5.26. The van der Waals surface area contributed by atoms with Crippen LogP contribution in [0.2, 0.25) is 0 Å². The van der Waals surface area contributed by atoms with E-state index >= 15 is 0 Å². The van der Waals surface area contributed by atoms with Crippen LogP contribution in [0.1, 0.15) is 33.5 Å². The number of nitrogens with zero attached hydrogens (tertiary/aromatic N) is 3. The molecule has 4 rings (SSSR count). The van der Waals surface area contributed by atoms with Crippen LogP contribution >= 0.6 is 0 Å². The summed E-state index contributed by atoms with van der Waals surface area (Å²) in [6.07, 6.45) is -3.00. The Balaban J connectivity index is 1.40. The SMILES string of the molecule is Cc1ccc(C(=O)Nc2cncc(C(F)(F)F)c2)cc1OC1CN(c2cncc(C(F)F)c2)C1. The van der Waals surface area contributed by atoms with Gasteiger partial charge in [-0.15, -0.1) is 0 Å². The van der Waals surface area contributed by atoms with Gasteiger partial charge in [0.05, 0.1) is 42.4 Å². The molecule has 1 aliphatic heterocycles. The summed E-state index contributed by atoms with van der Waals surface area (Å²) in [5, 5.41) is 2.41. The van der Waals surface area contributed by atoms with E-state index in [1.54, 1.807) is 13.0 Å². The lowest BCUT2D eigenvalue weighted by molar-refractivity contribution is -0.137. The number of aryl methyl sites for hydroxylation is 1. The van der Waals surface area contributed by atoms with Crippen LogP contribution in [-0.2, 0) is 6.18 Å². The van der Waals surface area contributed by atoms with E-state index in [0.717, 1.165) is 24.0 Å². The zero-order chi connectivity index (χ0) is 24.5. The third kappa shape index (κ3) is 5.24. The summed E-state index contributed by atoms with van der Waals surface area (Å²) >= 11 is 0. The zero-order valence-corrected chi connectivity index (χ0v) is 17.8. The van der Waals surface area contributed by atoms with Gasteiger partial charge in [0.2, 0.25) is 0 Å². The summed E-state index contributed by atoms with van der Waals surface area (Å²) in [7, 11) is 0. The van der Waals surface area contributed by atoms with Gasteiger partial charge in [-0.2, -0.15) is 13.2 Å². The van der Waals surface area contributed by atoms with Gasteiger partial charge in [0.1, 0.15) is 11.9 Å². The second-order valence-corrected chi connectivity index (χ2v) is 7.82. The predicted molar refractivity (Wildman–Crippen MR) is 114 cm³/mol. The number of ether oxygens (including phenoxy) is 1. The standard InChI is InChI=1S/C23H19F5N4O2/c1-13-2-3-14(22(33)31-17-6-16(8-30-9-17)23(26,27)28)5-20(13)34-19-11-32(12-19)18-4-15(21(24)25)7-29-10-18/h2-10,19,21H,11-12H2,1H3,(H,31,33). The largest absolute Gasteiger partial charge is 0.486 e. The van der Waals surface area contributed by atoms with Crippen LogP contribution in [0.25, 0.3) is 0 Å². The molecule has 1 saturated heterocycles. The smallest absolute Gasteiger partial charge is 0.417 e. The molecule has 3 aromatic rings. The molecule has 1 N–H and O–H groups in total. The highest BCUT2D eigenvalue weighted by atomic mass is 19.4. The highest BCUT2D eigenvalue weighted by Gasteiger charge is 2.32. The molecule has 0 unspecified atom stereocenters. The topological polar surface area (TPSA) is 67.3 Å². The van der Waals surface area contributed by atoms with Crippen molar-refractivity contribution in [3.63, 3.8) is 0 Å². The molecule has 0 aliphatic carbocycles. The van der Waals surface area contributed by atoms with Crippen LogP contribution < -0.4 is 15.0 Å². The molecule has 1 aromatic carbocycles. The summed E-state index contributed by atoms with van der Waals surface area (Å²) in [6.45, 7) is 2.68. The molecule has 3 heterocycles. The van der Waals surface area contributed by atoms with Crippen molar-refractivity contribution in [3.8, 4) is 5.75 Å². The number of anilines is 2. The van der Waals surface area contributed by atoms with Gasteiger partial charge in [0, 0.05) is 23.5 Å². The lowest BCUT2D eigenvalue weighted by Gasteiger charge is -2.40. The van der Waals surface area contributed by atoms with E-state index in [4.69, 9.17) is 4.74 Å². The first-order valence-electron chi connectivity index (χ1n) is 10.2. The fraction of sp³-hybridized carbons (Fsp3) is 0.261. The Hall–Kier alpha value is -3.76. The Morgan fingerprint density at radius 1 is 1.09 bits per heavy atom.